The molecule has 0 bridgehead atoms. The summed E-state index contributed by atoms with van der Waals surface area (Å²) in [6.07, 6.45) is -4.46. The van der Waals surface area contributed by atoms with Crippen LogP contribution in [-0.2, 0) is 6.18 Å². The SMILES string of the molecule is FC(F)(F)c1ccccc1Oc1nnc(Br)s1. The Morgan fingerprint density at radius 3 is 2.47 bits per heavy atom. The molecule has 0 aliphatic carbocycles. The van der Waals surface area contributed by atoms with Gasteiger partial charge in [0.1, 0.15) is 5.75 Å². The van der Waals surface area contributed by atoms with Crippen molar-refractivity contribution >= 4 is 27.3 Å². The summed E-state index contributed by atoms with van der Waals surface area (Å²) in [5.74, 6) is -0.288. The molecule has 2 aromatic rings. The lowest BCUT2D eigenvalue weighted by Gasteiger charge is -2.11. The second kappa shape index (κ2) is 4.61. The number of benzene rings is 1. The van der Waals surface area contributed by atoms with Gasteiger partial charge in [-0.05, 0) is 39.4 Å². The first kappa shape index (κ1) is 12.3. The van der Waals surface area contributed by atoms with Crippen LogP contribution in [0.2, 0.25) is 0 Å². The van der Waals surface area contributed by atoms with Crippen molar-refractivity contribution in [3.63, 3.8) is 0 Å². The fraction of sp³-hybridized carbons (Fsp3) is 0.111. The van der Waals surface area contributed by atoms with Crippen LogP contribution in [0.15, 0.2) is 28.2 Å². The van der Waals surface area contributed by atoms with Crippen molar-refractivity contribution in [3.8, 4) is 10.9 Å². The lowest BCUT2D eigenvalue weighted by atomic mass is 10.2. The summed E-state index contributed by atoms with van der Waals surface area (Å²) >= 11 is 4.05. The van der Waals surface area contributed by atoms with E-state index in [2.05, 4.69) is 26.1 Å². The minimum Gasteiger partial charge on any atom is -0.429 e. The van der Waals surface area contributed by atoms with Crippen LogP contribution in [0.5, 0.6) is 10.9 Å². The largest absolute Gasteiger partial charge is 0.429 e. The van der Waals surface area contributed by atoms with E-state index in [0.717, 1.165) is 17.4 Å². The number of halogens is 4. The molecule has 0 saturated heterocycles. The van der Waals surface area contributed by atoms with Crippen molar-refractivity contribution < 1.29 is 17.9 Å². The number of aromatic nitrogens is 2. The molecule has 0 radical (unpaired) electrons. The Labute approximate surface area is 106 Å². The highest BCUT2D eigenvalue weighted by molar-refractivity contribution is 9.11. The van der Waals surface area contributed by atoms with Gasteiger partial charge in [0, 0.05) is 0 Å². The van der Waals surface area contributed by atoms with Crippen LogP contribution in [-0.4, -0.2) is 10.2 Å². The number of hydrogen-bond acceptors (Lipinski definition) is 4. The summed E-state index contributed by atoms with van der Waals surface area (Å²) in [6, 6.07) is 4.94. The topological polar surface area (TPSA) is 35.0 Å². The van der Waals surface area contributed by atoms with Gasteiger partial charge in [0.25, 0.3) is 5.19 Å². The van der Waals surface area contributed by atoms with Gasteiger partial charge in [-0.15, -0.1) is 5.10 Å². The first-order valence-corrected chi connectivity index (χ1v) is 5.91. The van der Waals surface area contributed by atoms with Crippen LogP contribution in [0.4, 0.5) is 13.2 Å². The Hall–Kier alpha value is -1.15. The number of para-hydroxylation sites is 1. The summed E-state index contributed by atoms with van der Waals surface area (Å²) in [5, 5.41) is 7.20. The highest BCUT2D eigenvalue weighted by Crippen LogP contribution is 2.38. The van der Waals surface area contributed by atoms with Crippen molar-refractivity contribution in [1.29, 1.82) is 0 Å². The molecule has 0 aliphatic rings. The molecule has 90 valence electrons. The van der Waals surface area contributed by atoms with Gasteiger partial charge in [-0.2, -0.15) is 13.2 Å². The fourth-order valence-electron chi connectivity index (χ4n) is 1.12. The second-order valence-corrected chi connectivity index (χ2v) is 5.13. The van der Waals surface area contributed by atoms with Gasteiger partial charge >= 0.3 is 6.18 Å². The van der Waals surface area contributed by atoms with Crippen molar-refractivity contribution in [1.82, 2.24) is 10.2 Å². The van der Waals surface area contributed by atoms with E-state index in [1.807, 2.05) is 0 Å². The summed E-state index contributed by atoms with van der Waals surface area (Å²) in [5.41, 5.74) is -0.841. The molecule has 2 rings (SSSR count). The maximum absolute atomic E-state index is 12.6. The molecule has 0 amide bonds. The Bertz CT molecular complexity index is 529. The molecule has 1 aromatic carbocycles. The molecule has 1 aromatic heterocycles. The van der Waals surface area contributed by atoms with E-state index in [4.69, 9.17) is 4.74 Å². The van der Waals surface area contributed by atoms with Crippen LogP contribution in [0.1, 0.15) is 5.56 Å². The normalized spacial score (nSPS) is 11.5. The number of rotatable bonds is 2. The molecule has 8 heteroatoms. The van der Waals surface area contributed by atoms with Crippen LogP contribution in [0.25, 0.3) is 0 Å². The van der Waals surface area contributed by atoms with Gasteiger partial charge < -0.3 is 4.74 Å². The zero-order valence-corrected chi connectivity index (χ0v) is 10.4. The van der Waals surface area contributed by atoms with Crippen LogP contribution < -0.4 is 4.74 Å². The van der Waals surface area contributed by atoms with Crippen molar-refractivity contribution in [2.45, 2.75) is 6.18 Å². The number of ether oxygens (including phenoxy) is 1. The Kier molecular flexibility index (Phi) is 3.34. The van der Waals surface area contributed by atoms with Crippen LogP contribution in [0.3, 0.4) is 0 Å². The molecule has 0 atom stereocenters. The third-order valence-electron chi connectivity index (χ3n) is 1.77. The molecule has 0 aliphatic heterocycles. The lowest BCUT2D eigenvalue weighted by molar-refractivity contribution is -0.138. The molecule has 0 saturated carbocycles. The van der Waals surface area contributed by atoms with Gasteiger partial charge in [0.15, 0.2) is 3.92 Å². The lowest BCUT2D eigenvalue weighted by Crippen LogP contribution is -2.06. The van der Waals surface area contributed by atoms with Gasteiger partial charge in [0.2, 0.25) is 0 Å². The van der Waals surface area contributed by atoms with Crippen molar-refractivity contribution in [2.24, 2.45) is 0 Å². The van der Waals surface area contributed by atoms with E-state index >= 15 is 0 Å². The van der Waals surface area contributed by atoms with Crippen LogP contribution in [0, 0.1) is 0 Å². The number of nitrogens with zero attached hydrogens (tertiary/aromatic N) is 2. The Morgan fingerprint density at radius 2 is 1.88 bits per heavy atom. The minimum atomic E-state index is -4.46. The van der Waals surface area contributed by atoms with E-state index in [1.54, 1.807) is 0 Å². The van der Waals surface area contributed by atoms with Gasteiger partial charge in [-0.3, -0.25) is 0 Å². The standard InChI is InChI=1S/C9H4BrF3N2OS/c10-7-14-15-8(17-7)16-6-4-2-1-3-5(6)9(11,12)13/h1-4H. The molecule has 0 fully saturated rings. The first-order valence-electron chi connectivity index (χ1n) is 4.30. The molecule has 0 unspecified atom stereocenters. The molecular formula is C9H4BrF3N2OS. The summed E-state index contributed by atoms with van der Waals surface area (Å²) in [4.78, 5) is 0. The van der Waals surface area contributed by atoms with Gasteiger partial charge in [-0.1, -0.05) is 17.2 Å². The summed E-state index contributed by atoms with van der Waals surface area (Å²) in [7, 11) is 0. The minimum absolute atomic E-state index is 0.0496. The second-order valence-electron chi connectivity index (χ2n) is 2.92. The van der Waals surface area contributed by atoms with Crippen molar-refractivity contribution in [3.05, 3.63) is 33.7 Å². The van der Waals surface area contributed by atoms with Crippen LogP contribution >= 0.6 is 27.3 Å². The third kappa shape index (κ3) is 2.95. The maximum Gasteiger partial charge on any atom is 0.419 e. The van der Waals surface area contributed by atoms with Crippen molar-refractivity contribution in [2.75, 3.05) is 0 Å². The zero-order chi connectivity index (χ0) is 12.5. The highest BCUT2D eigenvalue weighted by atomic mass is 79.9. The predicted molar refractivity (Wildman–Crippen MR) is 59.1 cm³/mol. The molecule has 17 heavy (non-hydrogen) atoms. The van der Waals surface area contributed by atoms with E-state index < -0.39 is 11.7 Å². The molecule has 1 heterocycles. The quantitative estimate of drug-likeness (QED) is 0.833. The Morgan fingerprint density at radius 1 is 1.18 bits per heavy atom. The van der Waals surface area contributed by atoms with E-state index in [1.165, 1.54) is 18.2 Å². The fourth-order valence-corrected chi connectivity index (χ4v) is 2.05. The zero-order valence-electron chi connectivity index (χ0n) is 8.03. The van der Waals surface area contributed by atoms with E-state index in [0.29, 0.717) is 3.92 Å². The van der Waals surface area contributed by atoms with E-state index in [9.17, 15) is 13.2 Å². The first-order chi connectivity index (χ1) is 7.97. The van der Waals surface area contributed by atoms with Gasteiger partial charge in [-0.25, -0.2) is 0 Å². The van der Waals surface area contributed by atoms with E-state index in [-0.39, 0.29) is 10.9 Å². The average molecular weight is 325 g/mol. The summed E-state index contributed by atoms with van der Waals surface area (Å²) in [6.45, 7) is 0. The maximum atomic E-state index is 12.6. The average Bonchev–Trinajstić information content (AvgIpc) is 2.63. The van der Waals surface area contributed by atoms with Gasteiger partial charge in [0.05, 0.1) is 5.56 Å². The Balaban J connectivity index is 2.33. The smallest absolute Gasteiger partial charge is 0.419 e. The monoisotopic (exact) mass is 324 g/mol. The highest BCUT2D eigenvalue weighted by Gasteiger charge is 2.34. The predicted octanol–water partition coefficient (Wildman–Crippen LogP) is 4.11. The third-order valence-corrected chi connectivity index (χ3v) is 3.01. The summed E-state index contributed by atoms with van der Waals surface area (Å²) < 4.78 is 43.4. The molecule has 3 nitrogen and oxygen atoms in total. The molecular weight excluding hydrogens is 321 g/mol. The number of hydrogen-bond donors (Lipinski definition) is 0. The molecule has 0 spiro atoms. The molecule has 0 N–H and O–H groups in total. The number of alkyl halides is 3.